The van der Waals surface area contributed by atoms with E-state index >= 15 is 0 Å². The summed E-state index contributed by atoms with van der Waals surface area (Å²) in [7, 11) is 12.3. The molecule has 1 aliphatic carbocycles. The van der Waals surface area contributed by atoms with Crippen molar-refractivity contribution in [1.29, 1.82) is 0 Å². The van der Waals surface area contributed by atoms with Crippen LogP contribution in [0.1, 0.15) is 11.1 Å². The molecule has 0 spiro atoms. The Bertz CT molecular complexity index is 1060. The van der Waals surface area contributed by atoms with Gasteiger partial charge in [-0.05, 0) is 59.7 Å². The van der Waals surface area contributed by atoms with Crippen LogP contribution in [0.4, 0.5) is 11.4 Å². The molecule has 0 saturated heterocycles. The van der Waals surface area contributed by atoms with E-state index in [0.717, 1.165) is 22.3 Å². The predicted molar refractivity (Wildman–Crippen MR) is 131 cm³/mol. The third-order valence-electron chi connectivity index (χ3n) is 5.06. The highest BCUT2D eigenvalue weighted by atomic mass is 15.1. The Morgan fingerprint density at radius 1 is 0.700 bits per heavy atom. The van der Waals surface area contributed by atoms with Crippen molar-refractivity contribution in [2.75, 3.05) is 52.1 Å². The Morgan fingerprint density at radius 3 is 1.67 bits per heavy atom. The van der Waals surface area contributed by atoms with Gasteiger partial charge in [-0.3, -0.25) is 0 Å². The van der Waals surface area contributed by atoms with Crippen LogP contribution in [0, 0.1) is 11.8 Å². The monoisotopic (exact) mass is 396 g/mol. The molecule has 0 amide bonds. The average molecular weight is 397 g/mol. The van der Waals surface area contributed by atoms with Gasteiger partial charge >= 0.3 is 0 Å². The van der Waals surface area contributed by atoms with Crippen molar-refractivity contribution in [3.8, 4) is 11.8 Å². The molecule has 0 N–H and O–H groups in total. The highest BCUT2D eigenvalue weighted by molar-refractivity contribution is 6.04. The van der Waals surface area contributed by atoms with E-state index in [-0.39, 0.29) is 0 Å². The van der Waals surface area contributed by atoms with Crippen molar-refractivity contribution in [3.63, 3.8) is 0 Å². The number of hydrogen-bond acceptors (Lipinski definition) is 2. The van der Waals surface area contributed by atoms with Crippen LogP contribution in [0.15, 0.2) is 78.4 Å². The summed E-state index contributed by atoms with van der Waals surface area (Å²) in [5.41, 5.74) is 7.80. The molecule has 3 nitrogen and oxygen atoms in total. The fourth-order valence-corrected chi connectivity index (χ4v) is 3.14. The number of allylic oxidation sites excluding steroid dienone is 6. The summed E-state index contributed by atoms with van der Waals surface area (Å²) in [6.07, 6.45) is 8.57. The van der Waals surface area contributed by atoms with E-state index in [4.69, 9.17) is 0 Å². The highest BCUT2D eigenvalue weighted by Crippen LogP contribution is 2.24. The quantitative estimate of drug-likeness (QED) is 0.560. The van der Waals surface area contributed by atoms with E-state index in [0.29, 0.717) is 0 Å². The summed E-state index contributed by atoms with van der Waals surface area (Å²) in [5.74, 6) is 6.80. The van der Waals surface area contributed by atoms with E-state index in [1.165, 1.54) is 17.1 Å². The highest BCUT2D eigenvalue weighted by Gasteiger charge is 2.10. The smallest absolute Gasteiger partial charge is 0.199 e. The largest absolute Gasteiger partial charge is 0.378 e. The van der Waals surface area contributed by atoms with E-state index in [9.17, 15) is 0 Å². The molecule has 0 aliphatic heterocycles. The van der Waals surface area contributed by atoms with Crippen LogP contribution in [0.25, 0.3) is 5.57 Å². The van der Waals surface area contributed by atoms with E-state index in [2.05, 4.69) is 127 Å². The van der Waals surface area contributed by atoms with Crippen LogP contribution in [-0.2, 0) is 0 Å². The van der Waals surface area contributed by atoms with Crippen LogP contribution in [0.3, 0.4) is 0 Å². The molecule has 2 aromatic carbocycles. The van der Waals surface area contributed by atoms with Crippen LogP contribution < -0.4 is 9.80 Å². The second-order valence-corrected chi connectivity index (χ2v) is 7.95. The van der Waals surface area contributed by atoms with Gasteiger partial charge in [0.15, 0.2) is 5.71 Å². The molecule has 3 heteroatoms. The van der Waals surface area contributed by atoms with Gasteiger partial charge in [0, 0.05) is 62.9 Å². The second-order valence-electron chi connectivity index (χ2n) is 7.95. The maximum absolute atomic E-state index is 3.44. The Balaban J connectivity index is 2.03. The number of benzene rings is 2. The lowest BCUT2D eigenvalue weighted by Crippen LogP contribution is -2.10. The lowest BCUT2D eigenvalue weighted by molar-refractivity contribution is -0.462. The third kappa shape index (κ3) is 5.10. The minimum absolute atomic E-state index is 1.01. The molecule has 0 heterocycles. The van der Waals surface area contributed by atoms with Gasteiger partial charge in [-0.1, -0.05) is 24.0 Å². The Labute approximate surface area is 181 Å². The summed E-state index contributed by atoms with van der Waals surface area (Å²) in [5, 5.41) is 0. The minimum Gasteiger partial charge on any atom is -0.378 e. The average Bonchev–Trinajstić information content (AvgIpc) is 2.75. The fourth-order valence-electron chi connectivity index (χ4n) is 3.14. The van der Waals surface area contributed by atoms with Crippen molar-refractivity contribution in [2.24, 2.45) is 0 Å². The summed E-state index contributed by atoms with van der Waals surface area (Å²) in [4.78, 5) is 4.20. The molecular formula is C27H30N3+. The molecule has 0 unspecified atom stereocenters. The molecule has 152 valence electrons. The first-order valence-electron chi connectivity index (χ1n) is 10.1. The van der Waals surface area contributed by atoms with Crippen molar-refractivity contribution in [2.45, 2.75) is 0 Å². The Hall–Kier alpha value is -3.51. The molecule has 0 radical (unpaired) electrons. The minimum atomic E-state index is 1.01. The van der Waals surface area contributed by atoms with Crippen molar-refractivity contribution >= 4 is 22.7 Å². The molecule has 0 fully saturated rings. The zero-order valence-electron chi connectivity index (χ0n) is 18.8. The molecule has 2 aromatic rings. The molecule has 1 aliphatic rings. The Morgan fingerprint density at radius 2 is 1.20 bits per heavy atom. The molecule has 0 aromatic heterocycles. The number of rotatable bonds is 3. The van der Waals surface area contributed by atoms with E-state index < -0.39 is 0 Å². The summed E-state index contributed by atoms with van der Waals surface area (Å²) in [6.45, 7) is 0. The van der Waals surface area contributed by atoms with E-state index in [1.807, 2.05) is 14.1 Å². The zero-order chi connectivity index (χ0) is 21.7. The predicted octanol–water partition coefficient (Wildman–Crippen LogP) is 4.46. The topological polar surface area (TPSA) is 9.49 Å². The first-order chi connectivity index (χ1) is 14.3. The lowest BCUT2D eigenvalue weighted by atomic mass is 9.96. The van der Waals surface area contributed by atoms with Gasteiger partial charge in [-0.2, -0.15) is 0 Å². The number of anilines is 2. The molecule has 3 rings (SSSR count). The van der Waals surface area contributed by atoms with Gasteiger partial charge < -0.3 is 9.80 Å². The second kappa shape index (κ2) is 9.33. The third-order valence-corrected chi connectivity index (χ3v) is 5.06. The van der Waals surface area contributed by atoms with Crippen LogP contribution >= 0.6 is 0 Å². The van der Waals surface area contributed by atoms with Crippen molar-refractivity contribution < 1.29 is 4.58 Å². The molecule has 0 bridgehead atoms. The van der Waals surface area contributed by atoms with Gasteiger partial charge in [0.25, 0.3) is 0 Å². The molecule has 0 saturated carbocycles. The van der Waals surface area contributed by atoms with Gasteiger partial charge in [0.2, 0.25) is 0 Å². The van der Waals surface area contributed by atoms with Gasteiger partial charge in [-0.25, -0.2) is 4.58 Å². The van der Waals surface area contributed by atoms with Crippen LogP contribution in [0.2, 0.25) is 0 Å². The summed E-state index contributed by atoms with van der Waals surface area (Å²) < 4.78 is 2.10. The normalized spacial score (nSPS) is 12.3. The molecule has 0 atom stereocenters. The maximum Gasteiger partial charge on any atom is 0.199 e. The summed E-state index contributed by atoms with van der Waals surface area (Å²) >= 11 is 0. The number of hydrogen-bond donors (Lipinski definition) is 0. The van der Waals surface area contributed by atoms with Crippen molar-refractivity contribution in [3.05, 3.63) is 89.5 Å². The fraction of sp³-hybridized carbons (Fsp3) is 0.222. The van der Waals surface area contributed by atoms with Crippen molar-refractivity contribution in [1.82, 2.24) is 0 Å². The van der Waals surface area contributed by atoms with Gasteiger partial charge in [0.05, 0.1) is 0 Å². The summed E-state index contributed by atoms with van der Waals surface area (Å²) in [6, 6.07) is 16.9. The van der Waals surface area contributed by atoms with Crippen LogP contribution in [-0.4, -0.2) is 52.6 Å². The Kier molecular flexibility index (Phi) is 6.59. The molecular weight excluding hydrogens is 366 g/mol. The molecule has 30 heavy (non-hydrogen) atoms. The van der Waals surface area contributed by atoms with Gasteiger partial charge in [-0.15, -0.1) is 0 Å². The SMILES string of the molecule is CN(C)c1ccc(C#CC(=C2C=CC(=[N+](C)C)C=C2)c2ccc(N(C)C)cc2)cc1. The maximum atomic E-state index is 3.44. The first kappa shape index (κ1) is 21.2. The standard InChI is InChI=1S/C27H30N3/c1-28(2)24-14-7-21(8-15-24)9-20-27(22-10-16-25(17-11-22)29(3)4)23-12-18-26(19-13-23)30(5)6/h7-8,10-19H,1-6H3/q+1. The van der Waals surface area contributed by atoms with E-state index in [1.54, 1.807) is 0 Å². The van der Waals surface area contributed by atoms with Crippen LogP contribution in [0.5, 0.6) is 0 Å². The lowest BCUT2D eigenvalue weighted by Gasteiger charge is -2.13. The number of nitrogens with zero attached hydrogens (tertiary/aromatic N) is 3. The van der Waals surface area contributed by atoms with Gasteiger partial charge in [0.1, 0.15) is 14.1 Å². The zero-order valence-corrected chi connectivity index (χ0v) is 18.8. The first-order valence-corrected chi connectivity index (χ1v) is 10.1.